The maximum atomic E-state index is 11.8. The summed E-state index contributed by atoms with van der Waals surface area (Å²) >= 11 is 0. The number of unbranched alkanes of at least 4 members (excludes halogenated alkanes) is 11. The standard InChI is InChI=1S/C22H37NO7S/c1-2-3-4-5-6-7-8-9-10-11-12-13-14-15-16-17-21(25)30-23-20(24)18-19(22(23)26)31(27,28)29/h9-10,19H,2-8,11-18H2,1H3,(H,27,28,29)/b10-9-/t19-/m1/s1. The minimum absolute atomic E-state index is 0.0335. The second kappa shape index (κ2) is 15.1. The van der Waals surface area contributed by atoms with Crippen molar-refractivity contribution in [2.45, 2.75) is 108 Å². The number of imide groups is 1. The molecule has 1 aliphatic heterocycles. The molecule has 0 aliphatic carbocycles. The Morgan fingerprint density at radius 1 is 0.968 bits per heavy atom. The van der Waals surface area contributed by atoms with E-state index in [9.17, 15) is 22.8 Å². The Hall–Kier alpha value is -1.74. The van der Waals surface area contributed by atoms with Crippen LogP contribution in [-0.4, -0.2) is 41.1 Å². The zero-order chi connectivity index (χ0) is 23.1. The van der Waals surface area contributed by atoms with E-state index in [1.165, 1.54) is 38.5 Å². The lowest BCUT2D eigenvalue weighted by molar-refractivity contribution is -0.197. The van der Waals surface area contributed by atoms with E-state index in [0.717, 1.165) is 38.5 Å². The average Bonchev–Trinajstić information content (AvgIpc) is 2.99. The van der Waals surface area contributed by atoms with Crippen LogP contribution in [0.15, 0.2) is 12.2 Å². The molecule has 0 unspecified atom stereocenters. The molecule has 8 nitrogen and oxygen atoms in total. The van der Waals surface area contributed by atoms with Crippen molar-refractivity contribution in [1.82, 2.24) is 5.06 Å². The number of rotatable bonds is 17. The lowest BCUT2D eigenvalue weighted by Gasteiger charge is -2.13. The molecule has 1 aliphatic rings. The van der Waals surface area contributed by atoms with Crippen molar-refractivity contribution in [3.63, 3.8) is 0 Å². The van der Waals surface area contributed by atoms with Crippen LogP contribution in [0.1, 0.15) is 103 Å². The monoisotopic (exact) mass is 459 g/mol. The number of carbonyl (C=O) groups is 3. The van der Waals surface area contributed by atoms with Gasteiger partial charge in [0.1, 0.15) is 0 Å². The minimum Gasteiger partial charge on any atom is -0.330 e. The molecule has 1 atom stereocenters. The smallest absolute Gasteiger partial charge is 0.330 e. The van der Waals surface area contributed by atoms with Gasteiger partial charge in [-0.15, -0.1) is 5.06 Å². The Bertz CT molecular complexity index is 703. The molecule has 0 saturated carbocycles. The summed E-state index contributed by atoms with van der Waals surface area (Å²) in [6, 6.07) is 0. The number of amides is 2. The van der Waals surface area contributed by atoms with E-state index in [1.807, 2.05) is 0 Å². The maximum Gasteiger partial charge on any atom is 0.333 e. The Balaban J connectivity index is 2.02. The maximum absolute atomic E-state index is 11.8. The van der Waals surface area contributed by atoms with Crippen molar-refractivity contribution in [1.29, 1.82) is 0 Å². The Kier molecular flexibility index (Phi) is 13.3. The Morgan fingerprint density at radius 2 is 1.48 bits per heavy atom. The Labute approximate surface area is 186 Å². The van der Waals surface area contributed by atoms with E-state index in [4.69, 9.17) is 9.39 Å². The summed E-state index contributed by atoms with van der Waals surface area (Å²) in [6.45, 7) is 2.23. The second-order valence-electron chi connectivity index (χ2n) is 8.03. The molecule has 0 aromatic carbocycles. The van der Waals surface area contributed by atoms with Gasteiger partial charge in [-0.3, -0.25) is 14.1 Å². The first-order valence-electron chi connectivity index (χ1n) is 11.5. The molecule has 0 aromatic rings. The highest BCUT2D eigenvalue weighted by atomic mass is 32.2. The van der Waals surface area contributed by atoms with E-state index < -0.39 is 39.6 Å². The first-order chi connectivity index (χ1) is 14.8. The average molecular weight is 460 g/mol. The van der Waals surface area contributed by atoms with Crippen molar-refractivity contribution >= 4 is 27.9 Å². The minimum atomic E-state index is -4.71. The molecule has 1 fully saturated rings. The largest absolute Gasteiger partial charge is 0.333 e. The molecular weight excluding hydrogens is 422 g/mol. The summed E-state index contributed by atoms with van der Waals surface area (Å²) in [5.74, 6) is -2.95. The summed E-state index contributed by atoms with van der Waals surface area (Å²) in [4.78, 5) is 39.9. The summed E-state index contributed by atoms with van der Waals surface area (Å²) in [6.07, 6.45) is 18.5. The highest BCUT2D eigenvalue weighted by Crippen LogP contribution is 2.20. The second-order valence-corrected chi connectivity index (χ2v) is 9.63. The predicted molar refractivity (Wildman–Crippen MR) is 117 cm³/mol. The Morgan fingerprint density at radius 3 is 2.00 bits per heavy atom. The van der Waals surface area contributed by atoms with Crippen LogP contribution in [0.5, 0.6) is 0 Å². The van der Waals surface area contributed by atoms with Gasteiger partial charge < -0.3 is 4.84 Å². The number of hydrogen-bond acceptors (Lipinski definition) is 6. The summed E-state index contributed by atoms with van der Waals surface area (Å²) in [5, 5.41) is -1.74. The van der Waals surface area contributed by atoms with Crippen molar-refractivity contribution in [3.8, 4) is 0 Å². The van der Waals surface area contributed by atoms with E-state index in [0.29, 0.717) is 6.42 Å². The molecule has 0 spiro atoms. The van der Waals surface area contributed by atoms with E-state index in [-0.39, 0.29) is 11.5 Å². The van der Waals surface area contributed by atoms with Crippen LogP contribution in [-0.2, 0) is 29.3 Å². The molecule has 9 heteroatoms. The number of allylic oxidation sites excluding steroid dienone is 2. The topological polar surface area (TPSA) is 118 Å². The van der Waals surface area contributed by atoms with Crippen LogP contribution in [0, 0.1) is 0 Å². The van der Waals surface area contributed by atoms with Crippen LogP contribution in [0.3, 0.4) is 0 Å². The number of hydrogen-bond donors (Lipinski definition) is 1. The third-order valence-corrected chi connectivity index (χ3v) is 6.34. The molecular formula is C22H37NO7S. The van der Waals surface area contributed by atoms with Crippen molar-refractivity contribution in [3.05, 3.63) is 12.2 Å². The molecule has 0 radical (unpaired) electrons. The summed E-state index contributed by atoms with van der Waals surface area (Å²) in [7, 11) is -4.71. The number of nitrogens with zero attached hydrogens (tertiary/aromatic N) is 1. The lowest BCUT2D eigenvalue weighted by atomic mass is 10.1. The zero-order valence-corrected chi connectivity index (χ0v) is 19.4. The van der Waals surface area contributed by atoms with Crippen molar-refractivity contribution in [2.75, 3.05) is 0 Å². The van der Waals surface area contributed by atoms with Crippen LogP contribution in [0.25, 0.3) is 0 Å². The molecule has 1 heterocycles. The van der Waals surface area contributed by atoms with Crippen molar-refractivity contribution < 1.29 is 32.2 Å². The number of carbonyl (C=O) groups excluding carboxylic acids is 3. The fourth-order valence-electron chi connectivity index (χ4n) is 3.40. The summed E-state index contributed by atoms with van der Waals surface area (Å²) in [5.41, 5.74) is 0. The molecule has 0 bridgehead atoms. The van der Waals surface area contributed by atoms with Gasteiger partial charge in [-0.05, 0) is 32.1 Å². The van der Waals surface area contributed by atoms with E-state index in [1.54, 1.807) is 0 Å². The van der Waals surface area contributed by atoms with Crippen LogP contribution < -0.4 is 0 Å². The predicted octanol–water partition coefficient (Wildman–Crippen LogP) is 4.50. The SMILES string of the molecule is CCCCCCCC/C=C\CCCCCCCC(=O)ON1C(=O)C[C@@H](S(=O)(=O)O)C1=O. The van der Waals surface area contributed by atoms with Crippen LogP contribution in [0.2, 0.25) is 0 Å². The quantitative estimate of drug-likeness (QED) is 0.147. The third kappa shape index (κ3) is 11.4. The van der Waals surface area contributed by atoms with Gasteiger partial charge >= 0.3 is 5.97 Å². The summed E-state index contributed by atoms with van der Waals surface area (Å²) < 4.78 is 31.1. The zero-order valence-electron chi connectivity index (χ0n) is 18.6. The molecule has 2 amide bonds. The molecule has 178 valence electrons. The normalized spacial score (nSPS) is 17.1. The fraction of sp³-hybridized carbons (Fsp3) is 0.773. The molecule has 0 aromatic heterocycles. The fourth-order valence-corrected chi connectivity index (χ4v) is 4.10. The first kappa shape index (κ1) is 27.3. The van der Waals surface area contributed by atoms with Gasteiger partial charge in [0.2, 0.25) is 0 Å². The molecule has 31 heavy (non-hydrogen) atoms. The van der Waals surface area contributed by atoms with Gasteiger partial charge in [-0.25, -0.2) is 4.79 Å². The van der Waals surface area contributed by atoms with E-state index >= 15 is 0 Å². The van der Waals surface area contributed by atoms with Gasteiger partial charge in [-0.2, -0.15) is 8.42 Å². The molecule has 1 N–H and O–H groups in total. The van der Waals surface area contributed by atoms with Gasteiger partial charge in [0, 0.05) is 6.42 Å². The van der Waals surface area contributed by atoms with E-state index in [2.05, 4.69) is 19.1 Å². The molecule has 1 saturated heterocycles. The van der Waals surface area contributed by atoms with Gasteiger partial charge in [-0.1, -0.05) is 70.4 Å². The van der Waals surface area contributed by atoms with Crippen molar-refractivity contribution in [2.24, 2.45) is 0 Å². The number of hydroxylamine groups is 2. The highest BCUT2D eigenvalue weighted by molar-refractivity contribution is 7.87. The van der Waals surface area contributed by atoms with Crippen LogP contribution >= 0.6 is 0 Å². The van der Waals surface area contributed by atoms with Gasteiger partial charge in [0.05, 0.1) is 6.42 Å². The lowest BCUT2D eigenvalue weighted by Crippen LogP contribution is -2.36. The van der Waals surface area contributed by atoms with Crippen LogP contribution in [0.4, 0.5) is 0 Å². The molecule has 1 rings (SSSR count). The van der Waals surface area contributed by atoms with Gasteiger partial charge in [0.15, 0.2) is 5.25 Å². The highest BCUT2D eigenvalue weighted by Gasteiger charge is 2.48. The first-order valence-corrected chi connectivity index (χ1v) is 13.0. The third-order valence-electron chi connectivity index (χ3n) is 5.26. The van der Waals surface area contributed by atoms with Gasteiger partial charge in [0.25, 0.3) is 21.9 Å².